The van der Waals surface area contributed by atoms with Gasteiger partial charge in [-0.3, -0.25) is 9.59 Å². The van der Waals surface area contributed by atoms with Gasteiger partial charge in [-0.1, -0.05) is 12.1 Å². The Labute approximate surface area is 143 Å². The summed E-state index contributed by atoms with van der Waals surface area (Å²) in [5.74, 6) is -0.246. The summed E-state index contributed by atoms with van der Waals surface area (Å²) < 4.78 is 0. The smallest absolute Gasteiger partial charge is 0.244 e. The zero-order valence-electron chi connectivity index (χ0n) is 12.5. The largest absolute Gasteiger partial charge is 0.352 e. The number of carbonyl (C=O) groups is 2. The van der Waals surface area contributed by atoms with Crippen molar-refractivity contribution in [3.8, 4) is 0 Å². The minimum atomic E-state index is -0.123. The van der Waals surface area contributed by atoms with Crippen LogP contribution in [0.5, 0.6) is 0 Å². The van der Waals surface area contributed by atoms with Gasteiger partial charge in [-0.15, -0.1) is 22.7 Å². The van der Waals surface area contributed by atoms with E-state index in [9.17, 15) is 9.59 Å². The molecular formula is C17H18N2O2S2. The van der Waals surface area contributed by atoms with Crippen LogP contribution in [0.3, 0.4) is 0 Å². The fraction of sp³-hybridized carbons (Fsp3) is 0.176. The van der Waals surface area contributed by atoms with E-state index in [1.54, 1.807) is 34.8 Å². The van der Waals surface area contributed by atoms with Crippen LogP contribution in [0.25, 0.3) is 12.2 Å². The van der Waals surface area contributed by atoms with Gasteiger partial charge in [-0.25, -0.2) is 0 Å². The van der Waals surface area contributed by atoms with Crippen LogP contribution in [0.15, 0.2) is 47.2 Å². The Bertz CT molecular complexity index is 601. The summed E-state index contributed by atoms with van der Waals surface area (Å²) in [6, 6.07) is 7.79. The summed E-state index contributed by atoms with van der Waals surface area (Å²) in [4.78, 5) is 25.2. The first-order valence-corrected chi connectivity index (χ1v) is 8.99. The van der Waals surface area contributed by atoms with Gasteiger partial charge in [0, 0.05) is 35.0 Å². The molecule has 0 bridgehead atoms. The fourth-order valence-electron chi connectivity index (χ4n) is 1.72. The molecule has 0 aliphatic heterocycles. The molecule has 0 spiro atoms. The predicted molar refractivity (Wildman–Crippen MR) is 97.3 cm³/mol. The maximum Gasteiger partial charge on any atom is 0.244 e. The molecule has 2 amide bonds. The maximum absolute atomic E-state index is 11.6. The average Bonchev–Trinajstić information content (AvgIpc) is 3.24. The maximum atomic E-state index is 11.6. The van der Waals surface area contributed by atoms with E-state index in [-0.39, 0.29) is 11.8 Å². The lowest BCUT2D eigenvalue weighted by Gasteiger charge is -2.03. The molecule has 2 aromatic heterocycles. The standard InChI is InChI=1S/C17H18N2O2S2/c20-16(8-6-14-4-1-12-22-14)18-10-3-11-19-17(21)9-7-15-5-2-13-23-15/h1-2,4-9,12-13H,3,10-11H2,(H,18,20)(H,19,21). The molecule has 2 aromatic rings. The van der Waals surface area contributed by atoms with Gasteiger partial charge in [-0.05, 0) is 41.5 Å². The summed E-state index contributed by atoms with van der Waals surface area (Å²) in [6.07, 6.45) is 7.31. The lowest BCUT2D eigenvalue weighted by molar-refractivity contribution is -0.116. The highest BCUT2D eigenvalue weighted by molar-refractivity contribution is 7.11. The molecule has 0 saturated heterocycles. The van der Waals surface area contributed by atoms with Gasteiger partial charge >= 0.3 is 0 Å². The van der Waals surface area contributed by atoms with Crippen molar-refractivity contribution in [3.63, 3.8) is 0 Å². The Balaban J connectivity index is 1.55. The fourth-order valence-corrected chi connectivity index (χ4v) is 2.95. The summed E-state index contributed by atoms with van der Waals surface area (Å²) in [6.45, 7) is 1.06. The van der Waals surface area contributed by atoms with Crippen LogP contribution in [0.2, 0.25) is 0 Å². The number of amides is 2. The van der Waals surface area contributed by atoms with E-state index in [2.05, 4.69) is 10.6 Å². The molecule has 2 N–H and O–H groups in total. The number of nitrogens with one attached hydrogen (secondary N) is 2. The van der Waals surface area contributed by atoms with Crippen molar-refractivity contribution in [2.24, 2.45) is 0 Å². The van der Waals surface area contributed by atoms with E-state index in [1.165, 1.54) is 12.2 Å². The van der Waals surface area contributed by atoms with Crippen LogP contribution in [-0.2, 0) is 9.59 Å². The van der Waals surface area contributed by atoms with Gasteiger partial charge < -0.3 is 10.6 Å². The molecule has 2 heterocycles. The van der Waals surface area contributed by atoms with E-state index in [4.69, 9.17) is 0 Å². The molecular weight excluding hydrogens is 328 g/mol. The first-order valence-electron chi connectivity index (χ1n) is 7.23. The van der Waals surface area contributed by atoms with Gasteiger partial charge in [0.15, 0.2) is 0 Å². The van der Waals surface area contributed by atoms with Crippen molar-refractivity contribution < 1.29 is 9.59 Å². The summed E-state index contributed by atoms with van der Waals surface area (Å²) in [7, 11) is 0. The van der Waals surface area contributed by atoms with Crippen LogP contribution >= 0.6 is 22.7 Å². The van der Waals surface area contributed by atoms with Crippen LogP contribution in [0.1, 0.15) is 16.2 Å². The van der Waals surface area contributed by atoms with E-state index in [0.29, 0.717) is 19.5 Å². The molecule has 0 aromatic carbocycles. The van der Waals surface area contributed by atoms with E-state index in [0.717, 1.165) is 9.75 Å². The van der Waals surface area contributed by atoms with Crippen molar-refractivity contribution in [2.45, 2.75) is 6.42 Å². The average molecular weight is 346 g/mol. The zero-order valence-corrected chi connectivity index (χ0v) is 14.2. The summed E-state index contributed by atoms with van der Waals surface area (Å²) in [5.41, 5.74) is 0. The summed E-state index contributed by atoms with van der Waals surface area (Å²) >= 11 is 3.17. The number of thiophene rings is 2. The molecule has 2 rings (SSSR count). The molecule has 23 heavy (non-hydrogen) atoms. The first-order chi connectivity index (χ1) is 11.2. The first kappa shape index (κ1) is 17.2. The Morgan fingerprint density at radius 3 is 1.74 bits per heavy atom. The van der Waals surface area contributed by atoms with Crippen molar-refractivity contribution in [2.75, 3.05) is 13.1 Å². The van der Waals surface area contributed by atoms with Crippen molar-refractivity contribution in [1.82, 2.24) is 10.6 Å². The third kappa shape index (κ3) is 7.08. The zero-order chi connectivity index (χ0) is 16.3. The minimum Gasteiger partial charge on any atom is -0.352 e. The van der Waals surface area contributed by atoms with Gasteiger partial charge in [0.05, 0.1) is 0 Å². The SMILES string of the molecule is O=C(C=Cc1cccs1)NCCCNC(=O)C=Cc1cccs1. The van der Waals surface area contributed by atoms with E-state index >= 15 is 0 Å². The third-order valence-electron chi connectivity index (χ3n) is 2.84. The summed E-state index contributed by atoms with van der Waals surface area (Å²) in [5, 5.41) is 9.50. The number of hydrogen-bond donors (Lipinski definition) is 2. The topological polar surface area (TPSA) is 58.2 Å². The number of carbonyl (C=O) groups excluding carboxylic acids is 2. The van der Waals surface area contributed by atoms with Gasteiger partial charge in [-0.2, -0.15) is 0 Å². The molecule has 4 nitrogen and oxygen atoms in total. The Morgan fingerprint density at radius 2 is 1.35 bits per heavy atom. The molecule has 0 saturated carbocycles. The molecule has 120 valence electrons. The van der Waals surface area contributed by atoms with Crippen LogP contribution in [-0.4, -0.2) is 24.9 Å². The van der Waals surface area contributed by atoms with Crippen LogP contribution < -0.4 is 10.6 Å². The normalized spacial score (nSPS) is 11.1. The predicted octanol–water partition coefficient (Wildman–Crippen LogP) is 3.16. The van der Waals surface area contributed by atoms with Gasteiger partial charge in [0.1, 0.15) is 0 Å². The number of rotatable bonds is 8. The van der Waals surface area contributed by atoms with Crippen LogP contribution in [0, 0.1) is 0 Å². The molecule has 0 aliphatic carbocycles. The van der Waals surface area contributed by atoms with Crippen molar-refractivity contribution in [1.29, 1.82) is 0 Å². The molecule has 6 heteroatoms. The minimum absolute atomic E-state index is 0.123. The molecule has 0 radical (unpaired) electrons. The van der Waals surface area contributed by atoms with Gasteiger partial charge in [0.2, 0.25) is 11.8 Å². The molecule has 0 unspecified atom stereocenters. The van der Waals surface area contributed by atoms with Crippen LogP contribution in [0.4, 0.5) is 0 Å². The van der Waals surface area contributed by atoms with Gasteiger partial charge in [0.25, 0.3) is 0 Å². The lowest BCUT2D eigenvalue weighted by atomic mass is 10.3. The Morgan fingerprint density at radius 1 is 0.870 bits per heavy atom. The second-order valence-electron chi connectivity index (χ2n) is 4.63. The third-order valence-corrected chi connectivity index (χ3v) is 4.51. The second-order valence-corrected chi connectivity index (χ2v) is 6.59. The van der Waals surface area contributed by atoms with E-state index < -0.39 is 0 Å². The van der Waals surface area contributed by atoms with E-state index in [1.807, 2.05) is 35.0 Å². The molecule has 0 aliphatic rings. The highest BCUT2D eigenvalue weighted by Crippen LogP contribution is 2.10. The van der Waals surface area contributed by atoms with Crippen molar-refractivity contribution in [3.05, 3.63) is 56.9 Å². The monoisotopic (exact) mass is 346 g/mol. The highest BCUT2D eigenvalue weighted by Gasteiger charge is 1.97. The lowest BCUT2D eigenvalue weighted by Crippen LogP contribution is -2.28. The molecule has 0 fully saturated rings. The second kappa shape index (κ2) is 9.76. The molecule has 0 atom stereocenters. The Kier molecular flexibility index (Phi) is 7.29. The quantitative estimate of drug-likeness (QED) is 0.570. The Hall–Kier alpha value is -2.18. The number of hydrogen-bond acceptors (Lipinski definition) is 4. The van der Waals surface area contributed by atoms with Crippen molar-refractivity contribution >= 4 is 46.6 Å². The highest BCUT2D eigenvalue weighted by atomic mass is 32.1.